The molecule has 3 aromatic rings. The van der Waals surface area contributed by atoms with Crippen molar-refractivity contribution in [2.75, 3.05) is 6.61 Å². The zero-order valence-electron chi connectivity index (χ0n) is 14.3. The van der Waals surface area contributed by atoms with E-state index in [0.29, 0.717) is 22.8 Å². The summed E-state index contributed by atoms with van der Waals surface area (Å²) in [5.74, 6) is -0.354. The van der Waals surface area contributed by atoms with E-state index in [1.807, 2.05) is 30.3 Å². The summed E-state index contributed by atoms with van der Waals surface area (Å²) in [6, 6.07) is 18.6. The van der Waals surface area contributed by atoms with Crippen LogP contribution in [0.2, 0.25) is 0 Å². The molecule has 138 valence electrons. The van der Waals surface area contributed by atoms with E-state index in [0.717, 1.165) is 16.5 Å². The van der Waals surface area contributed by atoms with Gasteiger partial charge < -0.3 is 4.74 Å². The van der Waals surface area contributed by atoms with Crippen LogP contribution in [-0.4, -0.2) is 18.4 Å². The molecule has 2 aromatic carbocycles. The summed E-state index contributed by atoms with van der Waals surface area (Å²) in [5, 5.41) is 1.80. The Morgan fingerprint density at radius 1 is 0.963 bits per heavy atom. The molecule has 0 atom stereocenters. The van der Waals surface area contributed by atoms with Crippen molar-refractivity contribution in [1.82, 2.24) is 10.9 Å². The predicted molar refractivity (Wildman–Crippen MR) is 109 cm³/mol. The fourth-order valence-corrected chi connectivity index (χ4v) is 3.36. The Morgan fingerprint density at radius 2 is 1.74 bits per heavy atom. The summed E-state index contributed by atoms with van der Waals surface area (Å²) in [4.78, 5) is 25.0. The Hall–Kier alpha value is -2.64. The van der Waals surface area contributed by atoms with Crippen molar-refractivity contribution >= 4 is 39.1 Å². The second-order valence-corrected chi connectivity index (χ2v) is 7.47. The summed E-state index contributed by atoms with van der Waals surface area (Å²) in [6.07, 6.45) is 0.729. The number of carbonyl (C=O) groups excluding carboxylic acids is 2. The SMILES string of the molecule is O=C(NNC(=O)c1cc(Br)ccc1OCCc1ccccc1)c1cccs1. The quantitative estimate of drug-likeness (QED) is 0.559. The highest BCUT2D eigenvalue weighted by Crippen LogP contribution is 2.23. The molecule has 5 nitrogen and oxygen atoms in total. The van der Waals surface area contributed by atoms with Crippen molar-refractivity contribution < 1.29 is 14.3 Å². The second-order valence-electron chi connectivity index (χ2n) is 5.61. The van der Waals surface area contributed by atoms with Crippen LogP contribution in [0.5, 0.6) is 5.75 Å². The van der Waals surface area contributed by atoms with Gasteiger partial charge in [0.05, 0.1) is 17.0 Å². The van der Waals surface area contributed by atoms with Crippen LogP contribution in [0, 0.1) is 0 Å². The molecule has 3 rings (SSSR count). The van der Waals surface area contributed by atoms with Gasteiger partial charge in [0.1, 0.15) is 5.75 Å². The summed E-state index contributed by atoms with van der Waals surface area (Å²) >= 11 is 4.66. The molecule has 0 aliphatic carbocycles. The van der Waals surface area contributed by atoms with E-state index in [1.165, 1.54) is 11.3 Å². The van der Waals surface area contributed by atoms with Crippen molar-refractivity contribution in [2.24, 2.45) is 0 Å². The van der Waals surface area contributed by atoms with Gasteiger partial charge in [0.25, 0.3) is 11.8 Å². The lowest BCUT2D eigenvalue weighted by molar-refractivity contribution is 0.0846. The molecule has 0 aliphatic heterocycles. The van der Waals surface area contributed by atoms with Crippen LogP contribution in [0.1, 0.15) is 25.6 Å². The van der Waals surface area contributed by atoms with Gasteiger partial charge in [0, 0.05) is 10.9 Å². The fraction of sp³-hybridized carbons (Fsp3) is 0.100. The number of ether oxygens (including phenoxy) is 1. The van der Waals surface area contributed by atoms with Crippen LogP contribution in [0.15, 0.2) is 70.5 Å². The van der Waals surface area contributed by atoms with Gasteiger partial charge in [-0.05, 0) is 35.2 Å². The zero-order chi connectivity index (χ0) is 19.1. The molecule has 7 heteroatoms. The largest absolute Gasteiger partial charge is 0.492 e. The van der Waals surface area contributed by atoms with Crippen LogP contribution in [0.4, 0.5) is 0 Å². The Morgan fingerprint density at radius 3 is 2.48 bits per heavy atom. The molecule has 0 aliphatic rings. The molecule has 0 saturated carbocycles. The molecule has 0 spiro atoms. The van der Waals surface area contributed by atoms with Crippen molar-refractivity contribution in [3.63, 3.8) is 0 Å². The molecule has 1 aromatic heterocycles. The van der Waals surface area contributed by atoms with Crippen LogP contribution < -0.4 is 15.6 Å². The zero-order valence-corrected chi connectivity index (χ0v) is 16.7. The van der Waals surface area contributed by atoms with E-state index in [9.17, 15) is 9.59 Å². The molecule has 0 radical (unpaired) electrons. The predicted octanol–water partition coefficient (Wildman–Crippen LogP) is 4.21. The lowest BCUT2D eigenvalue weighted by Gasteiger charge is -2.13. The van der Waals surface area contributed by atoms with Crippen LogP contribution in [0.3, 0.4) is 0 Å². The normalized spacial score (nSPS) is 10.3. The smallest absolute Gasteiger partial charge is 0.279 e. The van der Waals surface area contributed by atoms with E-state index in [-0.39, 0.29) is 5.91 Å². The molecule has 2 amide bonds. The van der Waals surface area contributed by atoms with Crippen molar-refractivity contribution in [1.29, 1.82) is 0 Å². The van der Waals surface area contributed by atoms with Gasteiger partial charge in [0.15, 0.2) is 0 Å². The number of amides is 2. The minimum Gasteiger partial charge on any atom is -0.492 e. The van der Waals surface area contributed by atoms with Gasteiger partial charge in [-0.25, -0.2) is 0 Å². The number of benzene rings is 2. The maximum Gasteiger partial charge on any atom is 0.279 e. The third-order valence-corrected chi connectivity index (χ3v) is 5.07. The van der Waals surface area contributed by atoms with Crippen LogP contribution in [0.25, 0.3) is 0 Å². The Bertz CT molecular complexity index is 914. The van der Waals surface area contributed by atoms with E-state index in [2.05, 4.69) is 26.8 Å². The molecular weight excluding hydrogens is 428 g/mol. The first-order valence-electron chi connectivity index (χ1n) is 8.24. The Balaban J connectivity index is 1.62. The molecule has 0 fully saturated rings. The highest BCUT2D eigenvalue weighted by molar-refractivity contribution is 9.10. The molecule has 1 heterocycles. The van der Waals surface area contributed by atoms with E-state index >= 15 is 0 Å². The van der Waals surface area contributed by atoms with E-state index < -0.39 is 5.91 Å². The van der Waals surface area contributed by atoms with Crippen LogP contribution >= 0.6 is 27.3 Å². The number of rotatable bonds is 6. The Labute approximate surface area is 169 Å². The third-order valence-electron chi connectivity index (χ3n) is 3.71. The van der Waals surface area contributed by atoms with E-state index in [1.54, 1.807) is 35.7 Å². The number of halogens is 1. The van der Waals surface area contributed by atoms with Gasteiger partial charge in [-0.3, -0.25) is 20.4 Å². The molecular formula is C20H17BrN2O3S. The van der Waals surface area contributed by atoms with E-state index in [4.69, 9.17) is 4.74 Å². The standard InChI is InChI=1S/C20H17BrN2O3S/c21-15-8-9-17(26-11-10-14-5-2-1-3-6-14)16(13-15)19(24)22-23-20(25)18-7-4-12-27-18/h1-9,12-13H,10-11H2,(H,22,24)(H,23,25). The topological polar surface area (TPSA) is 67.4 Å². The highest BCUT2D eigenvalue weighted by Gasteiger charge is 2.15. The fourth-order valence-electron chi connectivity index (χ4n) is 2.38. The van der Waals surface area contributed by atoms with Crippen molar-refractivity contribution in [3.05, 3.63) is 86.5 Å². The number of hydrazine groups is 1. The van der Waals surface area contributed by atoms with Gasteiger partial charge >= 0.3 is 0 Å². The first-order valence-corrected chi connectivity index (χ1v) is 9.91. The van der Waals surface area contributed by atoms with Crippen molar-refractivity contribution in [2.45, 2.75) is 6.42 Å². The maximum absolute atomic E-state index is 12.5. The molecule has 0 saturated heterocycles. The minimum atomic E-state index is -0.448. The van der Waals surface area contributed by atoms with Gasteiger partial charge in [0.2, 0.25) is 0 Å². The van der Waals surface area contributed by atoms with Crippen molar-refractivity contribution in [3.8, 4) is 5.75 Å². The first kappa shape index (κ1) is 19.1. The number of nitrogens with one attached hydrogen (secondary N) is 2. The maximum atomic E-state index is 12.5. The van der Waals surface area contributed by atoms with Gasteiger partial charge in [-0.15, -0.1) is 11.3 Å². The number of hydrogen-bond donors (Lipinski definition) is 2. The second kappa shape index (κ2) is 9.34. The molecule has 27 heavy (non-hydrogen) atoms. The highest BCUT2D eigenvalue weighted by atomic mass is 79.9. The summed E-state index contributed by atoms with van der Waals surface area (Å²) in [7, 11) is 0. The third kappa shape index (κ3) is 5.42. The van der Waals surface area contributed by atoms with Crippen LogP contribution in [-0.2, 0) is 6.42 Å². The van der Waals surface area contributed by atoms with Gasteiger partial charge in [-0.1, -0.05) is 52.3 Å². The van der Waals surface area contributed by atoms with Gasteiger partial charge in [-0.2, -0.15) is 0 Å². The Kier molecular flexibility index (Phi) is 6.62. The summed E-state index contributed by atoms with van der Waals surface area (Å²) in [5.41, 5.74) is 6.34. The number of carbonyl (C=O) groups is 2. The lowest BCUT2D eigenvalue weighted by atomic mass is 10.1. The summed E-state index contributed by atoms with van der Waals surface area (Å²) < 4.78 is 6.55. The minimum absolute atomic E-state index is 0.337. The first-order chi connectivity index (χ1) is 13.1. The monoisotopic (exact) mass is 444 g/mol. The molecule has 0 bridgehead atoms. The molecule has 2 N–H and O–H groups in total. The lowest BCUT2D eigenvalue weighted by Crippen LogP contribution is -2.41. The average Bonchev–Trinajstić information content (AvgIpc) is 3.23. The average molecular weight is 445 g/mol. The summed E-state index contributed by atoms with van der Waals surface area (Å²) in [6.45, 7) is 0.438. The number of thiophene rings is 1. The molecule has 0 unspecified atom stereocenters. The number of hydrogen-bond acceptors (Lipinski definition) is 4.